The van der Waals surface area contributed by atoms with Crippen molar-refractivity contribution in [2.75, 3.05) is 41.3 Å². The number of carbonyl (C=O) groups is 2. The Morgan fingerprint density at radius 1 is 0.950 bits per heavy atom. The molecular weight excluding hydrogens is 571 g/mol. The average molecular weight is 595 g/mol. The van der Waals surface area contributed by atoms with Crippen LogP contribution in [0.5, 0.6) is 0 Å². The number of nitrogens with one attached hydrogen (secondary N) is 1. The predicted molar refractivity (Wildman–Crippen MR) is 147 cm³/mol. The van der Waals surface area contributed by atoms with E-state index < -0.39 is 36.2 Å². The lowest BCUT2D eigenvalue weighted by molar-refractivity contribution is -0.118. The normalized spacial score (nSPS) is 18.5. The fourth-order valence-corrected chi connectivity index (χ4v) is 5.46. The number of carbonyl (C=O) groups excluding carboxylic acids is 2. The maximum atomic E-state index is 14.0. The van der Waals surface area contributed by atoms with Crippen molar-refractivity contribution >= 4 is 52.2 Å². The van der Waals surface area contributed by atoms with E-state index >= 15 is 0 Å². The van der Waals surface area contributed by atoms with Crippen LogP contribution in [0.25, 0.3) is 0 Å². The lowest BCUT2D eigenvalue weighted by atomic mass is 10.0. The highest BCUT2D eigenvalue weighted by Gasteiger charge is 2.42. The van der Waals surface area contributed by atoms with Gasteiger partial charge in [-0.3, -0.25) is 14.6 Å². The third kappa shape index (κ3) is 6.04. The molecule has 3 aromatic carbocycles. The Hall–Kier alpha value is -3.34. The van der Waals surface area contributed by atoms with Gasteiger partial charge in [-0.15, -0.1) is 0 Å². The summed E-state index contributed by atoms with van der Waals surface area (Å²) in [5.41, 5.74) is 1.57. The molecule has 1 saturated heterocycles. The highest BCUT2D eigenvalue weighted by molar-refractivity contribution is 6.31. The maximum absolute atomic E-state index is 14.0. The third-order valence-corrected chi connectivity index (χ3v) is 7.52. The van der Waals surface area contributed by atoms with Crippen molar-refractivity contribution in [1.82, 2.24) is 4.90 Å². The molecule has 0 spiro atoms. The molecule has 2 heterocycles. The molecule has 0 radical (unpaired) electrons. The number of hydrogen-bond donors (Lipinski definition) is 1. The summed E-state index contributed by atoms with van der Waals surface area (Å²) in [4.78, 5) is 31.7. The number of urea groups is 1. The first-order valence-electron chi connectivity index (χ1n) is 12.5. The monoisotopic (exact) mass is 594 g/mol. The first-order chi connectivity index (χ1) is 19.0. The molecule has 0 aliphatic carbocycles. The molecule has 210 valence electrons. The molecule has 0 aromatic heterocycles. The molecule has 40 heavy (non-hydrogen) atoms. The van der Waals surface area contributed by atoms with Crippen molar-refractivity contribution in [3.63, 3.8) is 0 Å². The number of hydrogen-bond acceptors (Lipinski definition) is 3. The molecule has 1 N–H and O–H groups in total. The third-order valence-electron chi connectivity index (χ3n) is 6.94. The average Bonchev–Trinajstić information content (AvgIpc) is 3.25. The minimum Gasteiger partial charge on any atom is -0.308 e. The van der Waals surface area contributed by atoms with Crippen molar-refractivity contribution in [2.45, 2.75) is 24.8 Å². The molecular formula is C28H24Cl2F4N4O2. The molecule has 12 heteroatoms. The number of rotatable bonds is 5. The molecule has 0 saturated carbocycles. The lowest BCUT2D eigenvalue weighted by Crippen LogP contribution is -2.58. The Bertz CT molecular complexity index is 1460. The Kier molecular flexibility index (Phi) is 7.94. The molecule has 6 nitrogen and oxygen atoms in total. The van der Waals surface area contributed by atoms with Crippen molar-refractivity contribution < 1.29 is 27.2 Å². The SMILES string of the molecule is O=C(Cc1ccc(F)c(Cl)c1)N1CC(CN2CCC(F)(F)C2)N(C(=O)Nc2ccc(F)c(Cl)c2)c2ccccc21. The largest absolute Gasteiger partial charge is 0.326 e. The van der Waals surface area contributed by atoms with Crippen molar-refractivity contribution in [1.29, 1.82) is 0 Å². The van der Waals surface area contributed by atoms with Crippen LogP contribution in [0.15, 0.2) is 60.7 Å². The predicted octanol–water partition coefficient (Wildman–Crippen LogP) is 6.61. The maximum Gasteiger partial charge on any atom is 0.326 e. The zero-order valence-corrected chi connectivity index (χ0v) is 22.5. The van der Waals surface area contributed by atoms with E-state index in [2.05, 4.69) is 5.32 Å². The summed E-state index contributed by atoms with van der Waals surface area (Å²) in [5.74, 6) is -4.43. The molecule has 2 aliphatic heterocycles. The van der Waals surface area contributed by atoms with Gasteiger partial charge in [-0.1, -0.05) is 41.4 Å². The van der Waals surface area contributed by atoms with Crippen LogP contribution < -0.4 is 15.1 Å². The molecule has 2 aliphatic rings. The van der Waals surface area contributed by atoms with Crippen molar-refractivity contribution in [3.05, 3.63) is 87.9 Å². The fraction of sp³-hybridized carbons (Fsp3) is 0.286. The number of fused-ring (bicyclic) bond motifs is 1. The Labute approximate surface area is 238 Å². The van der Waals surface area contributed by atoms with Crippen molar-refractivity contribution in [3.8, 4) is 0 Å². The van der Waals surface area contributed by atoms with E-state index in [-0.39, 0.29) is 54.1 Å². The number of amides is 3. The van der Waals surface area contributed by atoms with Gasteiger partial charge < -0.3 is 10.2 Å². The number of para-hydroxylation sites is 2. The van der Waals surface area contributed by atoms with E-state index in [0.717, 1.165) is 6.07 Å². The number of alkyl halides is 2. The van der Waals surface area contributed by atoms with Gasteiger partial charge in [-0.2, -0.15) is 0 Å². The van der Waals surface area contributed by atoms with Gasteiger partial charge in [0, 0.05) is 31.7 Å². The van der Waals surface area contributed by atoms with Crippen LogP contribution in [0.3, 0.4) is 0 Å². The fourth-order valence-electron chi connectivity index (χ4n) is 5.07. The lowest BCUT2D eigenvalue weighted by Gasteiger charge is -2.43. The number of anilines is 3. The summed E-state index contributed by atoms with van der Waals surface area (Å²) in [5, 5.41) is 2.42. The topological polar surface area (TPSA) is 55.9 Å². The van der Waals surface area contributed by atoms with E-state index in [1.54, 1.807) is 29.2 Å². The second kappa shape index (κ2) is 11.3. The first kappa shape index (κ1) is 28.2. The van der Waals surface area contributed by atoms with E-state index in [0.29, 0.717) is 16.9 Å². The number of likely N-dealkylation sites (tertiary alicyclic amines) is 1. The quantitative estimate of drug-likeness (QED) is 0.338. The molecule has 0 bridgehead atoms. The highest BCUT2D eigenvalue weighted by atomic mass is 35.5. The van der Waals surface area contributed by atoms with E-state index in [1.807, 2.05) is 0 Å². The summed E-state index contributed by atoms with van der Waals surface area (Å²) < 4.78 is 55.4. The summed E-state index contributed by atoms with van der Waals surface area (Å²) in [6.07, 6.45) is -0.395. The van der Waals surface area contributed by atoms with Gasteiger partial charge in [-0.25, -0.2) is 22.4 Å². The number of nitrogens with zero attached hydrogens (tertiary/aromatic N) is 3. The van der Waals surface area contributed by atoms with Crippen LogP contribution in [0.1, 0.15) is 12.0 Å². The van der Waals surface area contributed by atoms with E-state index in [4.69, 9.17) is 23.2 Å². The molecule has 3 amide bonds. The van der Waals surface area contributed by atoms with Gasteiger partial charge in [0.2, 0.25) is 5.91 Å². The molecule has 1 unspecified atom stereocenters. The molecule has 1 fully saturated rings. The molecule has 5 rings (SSSR count). The zero-order chi connectivity index (χ0) is 28.6. The summed E-state index contributed by atoms with van der Waals surface area (Å²) in [6, 6.07) is 13.2. The minimum atomic E-state index is -2.85. The van der Waals surface area contributed by atoms with Gasteiger partial charge in [0.05, 0.1) is 40.4 Å². The Morgan fingerprint density at radius 3 is 2.27 bits per heavy atom. The van der Waals surface area contributed by atoms with Crippen LogP contribution >= 0.6 is 23.2 Å². The smallest absolute Gasteiger partial charge is 0.308 e. The van der Waals surface area contributed by atoms with Crippen molar-refractivity contribution in [2.24, 2.45) is 0 Å². The second-order valence-corrected chi connectivity index (χ2v) is 10.7. The van der Waals surface area contributed by atoms with E-state index in [9.17, 15) is 27.2 Å². The van der Waals surface area contributed by atoms with Gasteiger partial charge in [0.1, 0.15) is 11.6 Å². The van der Waals surface area contributed by atoms with Crippen LogP contribution in [-0.2, 0) is 11.2 Å². The molecule has 3 aromatic rings. The number of benzene rings is 3. The minimum absolute atomic E-state index is 0.0183. The van der Waals surface area contributed by atoms with Gasteiger partial charge in [-0.05, 0) is 48.0 Å². The van der Waals surface area contributed by atoms with Gasteiger partial charge >= 0.3 is 6.03 Å². The van der Waals surface area contributed by atoms with Crippen LogP contribution in [-0.4, -0.2) is 55.0 Å². The first-order valence-corrected chi connectivity index (χ1v) is 13.2. The summed E-state index contributed by atoms with van der Waals surface area (Å²) in [6.45, 7) is -0.232. The van der Waals surface area contributed by atoms with Gasteiger partial charge in [0.25, 0.3) is 5.92 Å². The van der Waals surface area contributed by atoms with Crippen LogP contribution in [0.2, 0.25) is 10.0 Å². The highest BCUT2D eigenvalue weighted by Crippen LogP contribution is 2.38. The van der Waals surface area contributed by atoms with E-state index in [1.165, 1.54) is 40.1 Å². The Morgan fingerprint density at radius 2 is 1.62 bits per heavy atom. The number of halogens is 6. The van der Waals surface area contributed by atoms with Gasteiger partial charge in [0.15, 0.2) is 0 Å². The standard InChI is InChI=1S/C28H24Cl2F4N4O2/c29-20-11-17(5-7-22(20)31)12-26(39)37-15-19(14-36-10-9-28(33,34)16-36)38(25-4-2-1-3-24(25)37)27(40)35-18-6-8-23(32)21(30)13-18/h1-8,11,13,19H,9-10,12,14-16H2,(H,35,40). The summed E-state index contributed by atoms with van der Waals surface area (Å²) >= 11 is 11.8. The summed E-state index contributed by atoms with van der Waals surface area (Å²) in [7, 11) is 0. The van der Waals surface area contributed by atoms with Crippen LogP contribution in [0, 0.1) is 11.6 Å². The zero-order valence-electron chi connectivity index (χ0n) is 21.0. The Balaban J connectivity index is 1.47. The van der Waals surface area contributed by atoms with Crippen LogP contribution in [0.4, 0.5) is 39.4 Å². The molecule has 1 atom stereocenters. The second-order valence-electron chi connectivity index (χ2n) is 9.84.